The zero-order valence-electron chi connectivity index (χ0n) is 39.7. The van der Waals surface area contributed by atoms with Crippen LogP contribution in [0.25, 0.3) is 20.4 Å². The second-order valence-corrected chi connectivity index (χ2v) is 20.1. The van der Waals surface area contributed by atoms with Gasteiger partial charge in [-0.25, -0.2) is 4.79 Å². The SMILES string of the molecule is Cc1sc2ccn(Cc3ccc(C(F)(F)F)cc3)c2c1C(=O)NC1(c2ccc(C(=O)O)cc2)CC1.Cc1sc2ccn(Cc3ccc(C(F)(F)F)cc3)c2c1C(=O)NC1(c2ccc(C(=O)[O-])cc2)CC1.[Na+].[Na+].[OH-]. The summed E-state index contributed by atoms with van der Waals surface area (Å²) < 4.78 is 83.0. The average molecular weight is 1060 g/mol. The number of aromatic carboxylic acids is 2. The van der Waals surface area contributed by atoms with Gasteiger partial charge in [0, 0.05) is 35.2 Å². The maximum atomic E-state index is 13.5. The van der Waals surface area contributed by atoms with E-state index in [9.17, 15) is 50.6 Å². The summed E-state index contributed by atoms with van der Waals surface area (Å²) >= 11 is 2.99. The quantitative estimate of drug-likeness (QED) is 0.115. The molecule has 2 amide bonds. The molecule has 368 valence electrons. The van der Waals surface area contributed by atoms with Gasteiger partial charge >= 0.3 is 77.4 Å². The van der Waals surface area contributed by atoms with Crippen LogP contribution in [0.5, 0.6) is 0 Å². The Labute approximate surface area is 466 Å². The Morgan fingerprint density at radius 1 is 0.575 bits per heavy atom. The van der Waals surface area contributed by atoms with Crippen LogP contribution in [0.15, 0.2) is 122 Å². The fourth-order valence-corrected chi connectivity index (χ4v) is 10.9. The maximum absolute atomic E-state index is 13.5. The van der Waals surface area contributed by atoms with E-state index in [2.05, 4.69) is 10.6 Å². The summed E-state index contributed by atoms with van der Waals surface area (Å²) in [5, 5.41) is 26.5. The first-order valence-electron chi connectivity index (χ1n) is 21.9. The third-order valence-corrected chi connectivity index (χ3v) is 15.0. The number of aryl methyl sites for hydroxylation is 2. The molecule has 4 N–H and O–H groups in total. The van der Waals surface area contributed by atoms with E-state index in [1.54, 1.807) is 24.3 Å². The van der Waals surface area contributed by atoms with Gasteiger partial charge in [-0.3, -0.25) is 9.59 Å². The van der Waals surface area contributed by atoms with Gasteiger partial charge in [0.05, 0.1) is 65.3 Å². The van der Waals surface area contributed by atoms with Crippen molar-refractivity contribution >= 4 is 66.9 Å². The number of nitrogens with one attached hydrogen (secondary N) is 2. The number of amides is 2. The van der Waals surface area contributed by atoms with Gasteiger partial charge in [-0.1, -0.05) is 60.7 Å². The van der Waals surface area contributed by atoms with Crippen molar-refractivity contribution in [2.45, 2.75) is 76.1 Å². The number of alkyl halides is 6. The molecule has 4 heterocycles. The molecule has 4 aromatic carbocycles. The number of fused-ring (bicyclic) bond motifs is 2. The maximum Gasteiger partial charge on any atom is 1.00 e. The van der Waals surface area contributed by atoms with Crippen molar-refractivity contribution in [3.63, 3.8) is 0 Å². The van der Waals surface area contributed by atoms with E-state index in [0.717, 1.165) is 91.3 Å². The monoisotopic (exact) mass is 1060 g/mol. The predicted molar refractivity (Wildman–Crippen MR) is 253 cm³/mol. The first kappa shape index (κ1) is 57.1. The third kappa shape index (κ3) is 12.0. The molecule has 0 saturated heterocycles. The summed E-state index contributed by atoms with van der Waals surface area (Å²) in [5.74, 6) is -2.71. The molecule has 2 fully saturated rings. The van der Waals surface area contributed by atoms with Crippen LogP contribution in [-0.2, 0) is 36.5 Å². The number of carbonyl (C=O) groups excluding carboxylic acids is 3. The number of hydrogen-bond donors (Lipinski definition) is 3. The van der Waals surface area contributed by atoms with Crippen molar-refractivity contribution < 1.29 is 120 Å². The van der Waals surface area contributed by atoms with Gasteiger partial charge in [0.1, 0.15) is 0 Å². The minimum atomic E-state index is -4.39. The van der Waals surface area contributed by atoms with Crippen molar-refractivity contribution in [1.82, 2.24) is 19.8 Å². The molecule has 0 spiro atoms. The summed E-state index contributed by atoms with van der Waals surface area (Å²) in [6.07, 6.45) is -2.12. The zero-order valence-corrected chi connectivity index (χ0v) is 45.3. The second-order valence-electron chi connectivity index (χ2n) is 17.6. The molecule has 2 aliphatic carbocycles. The van der Waals surface area contributed by atoms with Gasteiger partial charge < -0.3 is 40.3 Å². The molecule has 0 atom stereocenters. The van der Waals surface area contributed by atoms with Gasteiger partial charge in [0.25, 0.3) is 11.8 Å². The van der Waals surface area contributed by atoms with Gasteiger partial charge in [-0.05, 0) is 116 Å². The van der Waals surface area contributed by atoms with Crippen LogP contribution >= 0.6 is 22.7 Å². The fraction of sp³-hybridized carbons (Fsp3) is 0.231. The van der Waals surface area contributed by atoms with Crippen LogP contribution < -0.4 is 74.9 Å². The van der Waals surface area contributed by atoms with Crippen molar-refractivity contribution in [3.05, 3.63) is 187 Å². The molecular formula is C52H42F6N4Na2O7S2. The zero-order chi connectivity index (χ0) is 49.9. The molecule has 0 radical (unpaired) electrons. The number of hydrogen-bond acceptors (Lipinski definition) is 8. The number of thiophene rings is 2. The topological polar surface area (TPSA) is 175 Å². The van der Waals surface area contributed by atoms with Gasteiger partial charge in [-0.15, -0.1) is 22.7 Å². The van der Waals surface area contributed by atoms with Crippen molar-refractivity contribution in [2.75, 3.05) is 0 Å². The Kier molecular flexibility index (Phi) is 17.1. The Hall–Kier alpha value is -5.22. The second kappa shape index (κ2) is 21.9. The van der Waals surface area contributed by atoms with E-state index in [0.29, 0.717) is 35.3 Å². The van der Waals surface area contributed by atoms with Crippen LogP contribution in [0.4, 0.5) is 26.3 Å². The van der Waals surface area contributed by atoms with Gasteiger partial charge in [-0.2, -0.15) is 26.3 Å². The minimum absolute atomic E-state index is 0. The molecular weight excluding hydrogens is 1020 g/mol. The summed E-state index contributed by atoms with van der Waals surface area (Å²) in [4.78, 5) is 50.8. The normalized spacial score (nSPS) is 14.1. The van der Waals surface area contributed by atoms with Crippen molar-refractivity contribution in [1.29, 1.82) is 0 Å². The molecule has 2 saturated carbocycles. The van der Waals surface area contributed by atoms with Crippen LogP contribution in [-0.4, -0.2) is 43.5 Å². The first-order valence-corrected chi connectivity index (χ1v) is 23.6. The largest absolute Gasteiger partial charge is 1.00 e. The Balaban J connectivity index is 0.000000229. The minimum Gasteiger partial charge on any atom is -0.870 e. The number of rotatable bonds is 12. The molecule has 0 aliphatic heterocycles. The smallest absolute Gasteiger partial charge is 0.870 e. The molecule has 73 heavy (non-hydrogen) atoms. The van der Waals surface area contributed by atoms with E-state index >= 15 is 0 Å². The number of halogens is 6. The van der Waals surface area contributed by atoms with E-state index < -0.39 is 46.5 Å². The molecule has 8 aromatic rings. The summed E-state index contributed by atoms with van der Waals surface area (Å²) in [6, 6.07) is 26.7. The van der Waals surface area contributed by atoms with Crippen LogP contribution in [0, 0.1) is 13.8 Å². The van der Waals surface area contributed by atoms with Crippen molar-refractivity contribution in [3.8, 4) is 0 Å². The number of carboxylic acid groups (broad SMARTS) is 2. The average Bonchev–Trinajstić information content (AvgIpc) is 4.11. The third-order valence-electron chi connectivity index (χ3n) is 12.8. The number of benzene rings is 4. The molecule has 0 unspecified atom stereocenters. The standard InChI is InChI=1S/2C26H21F3N2O3S.2Na.H2O/c2*1-15-21(23(32)30-25(11-12-25)18-8-4-17(5-9-18)24(33)34)22-20(35-15)10-13-31(22)14-16-2-6-19(7-3-16)26(27,28)29;;;/h2*2-10,13H,11-12,14H2,1H3,(H,30,32)(H,33,34);;;1H2/q;;2*+1;/p-2. The predicted octanol–water partition coefficient (Wildman–Crippen LogP) is 4.89. The van der Waals surface area contributed by atoms with E-state index in [4.69, 9.17) is 5.11 Å². The summed E-state index contributed by atoms with van der Waals surface area (Å²) in [6.45, 7) is 4.41. The Morgan fingerprint density at radius 2 is 0.918 bits per heavy atom. The Morgan fingerprint density at radius 3 is 1.22 bits per heavy atom. The molecule has 11 nitrogen and oxygen atoms in total. The van der Waals surface area contributed by atoms with E-state index in [1.165, 1.54) is 71.2 Å². The first-order chi connectivity index (χ1) is 33.1. The molecule has 21 heteroatoms. The Bertz CT molecular complexity index is 3100. The van der Waals surface area contributed by atoms with Crippen LogP contribution in [0.1, 0.15) is 110 Å². The number of carboxylic acids is 2. The van der Waals surface area contributed by atoms with E-state index in [1.807, 2.05) is 47.5 Å². The van der Waals surface area contributed by atoms with Crippen LogP contribution in [0.3, 0.4) is 0 Å². The van der Waals surface area contributed by atoms with Crippen molar-refractivity contribution in [2.24, 2.45) is 0 Å². The number of aromatic nitrogens is 2. The van der Waals surface area contributed by atoms with E-state index in [-0.39, 0.29) is 87.5 Å². The number of carbonyl (C=O) groups is 4. The van der Waals surface area contributed by atoms with Crippen LogP contribution in [0.2, 0.25) is 0 Å². The molecule has 2 aliphatic rings. The fourth-order valence-electron chi connectivity index (χ4n) is 8.80. The molecule has 4 aromatic heterocycles. The molecule has 10 rings (SSSR count). The van der Waals surface area contributed by atoms with Gasteiger partial charge in [0.2, 0.25) is 0 Å². The summed E-state index contributed by atoms with van der Waals surface area (Å²) in [7, 11) is 0. The molecule has 0 bridgehead atoms. The number of nitrogens with zero attached hydrogens (tertiary/aromatic N) is 2. The van der Waals surface area contributed by atoms with Gasteiger partial charge in [0.15, 0.2) is 0 Å². The summed E-state index contributed by atoms with van der Waals surface area (Å²) in [5.41, 5.74) is 3.46.